The number of pyridine rings is 1. The van der Waals surface area contributed by atoms with Gasteiger partial charge in [-0.2, -0.15) is 0 Å². The van der Waals surface area contributed by atoms with Crippen molar-refractivity contribution in [2.75, 3.05) is 26.2 Å². The van der Waals surface area contributed by atoms with Gasteiger partial charge in [-0.25, -0.2) is 0 Å². The van der Waals surface area contributed by atoms with Crippen LogP contribution < -0.4 is 5.32 Å². The Balaban J connectivity index is 1.38. The highest BCUT2D eigenvalue weighted by Gasteiger charge is 2.22. The average Bonchev–Trinajstić information content (AvgIpc) is 2.72. The predicted octanol–water partition coefficient (Wildman–Crippen LogP) is 3.17. The number of carbonyl (C=O) groups excluding carboxylic acids is 1. The maximum atomic E-state index is 12.8. The SMILES string of the molecule is Cc1cc(C(=O)NC[C@@H]2CN(Cc3ccccc3)CCO2)c2ccccc2n1. The Labute approximate surface area is 165 Å². The molecule has 2 heterocycles. The molecule has 1 N–H and O–H groups in total. The fourth-order valence-electron chi connectivity index (χ4n) is 3.69. The molecule has 1 atom stereocenters. The number of benzene rings is 2. The van der Waals surface area contributed by atoms with Gasteiger partial charge in [0.25, 0.3) is 5.91 Å². The van der Waals surface area contributed by atoms with Crippen LogP contribution in [-0.4, -0.2) is 48.1 Å². The van der Waals surface area contributed by atoms with Crippen molar-refractivity contribution in [1.82, 2.24) is 15.2 Å². The van der Waals surface area contributed by atoms with Crippen LogP contribution in [0.15, 0.2) is 60.7 Å². The lowest BCUT2D eigenvalue weighted by molar-refractivity contribution is -0.0292. The Morgan fingerprint density at radius 2 is 1.96 bits per heavy atom. The molecule has 0 radical (unpaired) electrons. The van der Waals surface area contributed by atoms with E-state index in [1.165, 1.54) is 5.56 Å². The largest absolute Gasteiger partial charge is 0.374 e. The Hall–Kier alpha value is -2.76. The standard InChI is InChI=1S/C23H25N3O2/c1-17-13-21(20-9-5-6-10-22(20)25-17)23(27)24-14-19-16-26(11-12-28-19)15-18-7-3-2-4-8-18/h2-10,13,19H,11-12,14-16H2,1H3,(H,24,27)/t19-/m1/s1. The summed E-state index contributed by atoms with van der Waals surface area (Å²) in [5.41, 5.74) is 3.65. The molecule has 1 fully saturated rings. The molecule has 5 nitrogen and oxygen atoms in total. The first-order chi connectivity index (χ1) is 13.7. The minimum absolute atomic E-state index is 0.00406. The number of fused-ring (bicyclic) bond motifs is 1. The Morgan fingerprint density at radius 1 is 1.18 bits per heavy atom. The fourth-order valence-corrected chi connectivity index (χ4v) is 3.69. The number of hydrogen-bond acceptors (Lipinski definition) is 4. The molecular weight excluding hydrogens is 350 g/mol. The average molecular weight is 375 g/mol. The molecule has 2 aromatic carbocycles. The van der Waals surface area contributed by atoms with E-state index in [9.17, 15) is 4.79 Å². The molecule has 5 heteroatoms. The molecule has 0 aliphatic carbocycles. The van der Waals surface area contributed by atoms with Crippen molar-refractivity contribution in [1.29, 1.82) is 0 Å². The van der Waals surface area contributed by atoms with Gasteiger partial charge in [0.05, 0.1) is 23.8 Å². The lowest BCUT2D eigenvalue weighted by Crippen LogP contribution is -2.47. The van der Waals surface area contributed by atoms with Gasteiger partial charge in [0.15, 0.2) is 0 Å². The third kappa shape index (κ3) is 4.38. The normalized spacial score (nSPS) is 17.5. The van der Waals surface area contributed by atoms with Crippen LogP contribution in [0.25, 0.3) is 10.9 Å². The molecule has 0 unspecified atom stereocenters. The number of rotatable bonds is 5. The van der Waals surface area contributed by atoms with Crippen molar-refractivity contribution in [2.45, 2.75) is 19.6 Å². The molecule has 144 valence electrons. The van der Waals surface area contributed by atoms with Crippen LogP contribution in [0.2, 0.25) is 0 Å². The Morgan fingerprint density at radius 3 is 2.82 bits per heavy atom. The van der Waals surface area contributed by atoms with E-state index < -0.39 is 0 Å². The van der Waals surface area contributed by atoms with Crippen molar-refractivity contribution in [3.63, 3.8) is 0 Å². The summed E-state index contributed by atoms with van der Waals surface area (Å²) in [6, 6.07) is 20.0. The zero-order valence-corrected chi connectivity index (χ0v) is 16.1. The lowest BCUT2D eigenvalue weighted by Gasteiger charge is -2.33. The molecular formula is C23H25N3O2. The molecule has 0 spiro atoms. The molecule has 1 amide bonds. The van der Waals surface area contributed by atoms with Crippen LogP contribution in [-0.2, 0) is 11.3 Å². The molecule has 0 bridgehead atoms. The van der Waals surface area contributed by atoms with Gasteiger partial charge in [0, 0.05) is 37.3 Å². The molecule has 1 aromatic heterocycles. The summed E-state index contributed by atoms with van der Waals surface area (Å²) in [7, 11) is 0. The van der Waals surface area contributed by atoms with Gasteiger partial charge in [0.1, 0.15) is 0 Å². The summed E-state index contributed by atoms with van der Waals surface area (Å²) in [6.07, 6.45) is -0.00406. The second-order valence-corrected chi connectivity index (χ2v) is 7.25. The highest BCUT2D eigenvalue weighted by atomic mass is 16.5. The zero-order valence-electron chi connectivity index (χ0n) is 16.1. The Kier molecular flexibility index (Phi) is 5.65. The number of aromatic nitrogens is 1. The first kappa shape index (κ1) is 18.6. The van der Waals surface area contributed by atoms with Crippen molar-refractivity contribution < 1.29 is 9.53 Å². The van der Waals surface area contributed by atoms with Crippen LogP contribution in [0, 0.1) is 6.92 Å². The number of nitrogens with zero attached hydrogens (tertiary/aromatic N) is 2. The van der Waals surface area contributed by atoms with Crippen molar-refractivity contribution in [3.05, 3.63) is 77.5 Å². The maximum absolute atomic E-state index is 12.8. The summed E-state index contributed by atoms with van der Waals surface area (Å²) in [4.78, 5) is 19.7. The third-order valence-corrected chi connectivity index (χ3v) is 5.05. The van der Waals surface area contributed by atoms with Gasteiger partial charge in [-0.3, -0.25) is 14.7 Å². The monoisotopic (exact) mass is 375 g/mol. The summed E-state index contributed by atoms with van der Waals surface area (Å²) >= 11 is 0. The van der Waals surface area contributed by atoms with E-state index in [0.717, 1.165) is 36.2 Å². The van der Waals surface area contributed by atoms with Crippen molar-refractivity contribution in [3.8, 4) is 0 Å². The van der Waals surface area contributed by atoms with Crippen LogP contribution in [0.1, 0.15) is 21.6 Å². The van der Waals surface area contributed by atoms with E-state index in [-0.39, 0.29) is 12.0 Å². The van der Waals surface area contributed by atoms with E-state index in [1.54, 1.807) is 0 Å². The lowest BCUT2D eigenvalue weighted by atomic mass is 10.1. The highest BCUT2D eigenvalue weighted by Crippen LogP contribution is 2.18. The first-order valence-electron chi connectivity index (χ1n) is 9.71. The second-order valence-electron chi connectivity index (χ2n) is 7.25. The molecule has 0 saturated carbocycles. The van der Waals surface area contributed by atoms with Crippen LogP contribution in [0.3, 0.4) is 0 Å². The fraction of sp³-hybridized carbons (Fsp3) is 0.304. The quantitative estimate of drug-likeness (QED) is 0.744. The first-order valence-corrected chi connectivity index (χ1v) is 9.71. The molecule has 3 aromatic rings. The number of ether oxygens (including phenoxy) is 1. The van der Waals surface area contributed by atoms with E-state index >= 15 is 0 Å². The van der Waals surface area contributed by atoms with Gasteiger partial charge in [0.2, 0.25) is 0 Å². The zero-order chi connectivity index (χ0) is 19.3. The summed E-state index contributed by atoms with van der Waals surface area (Å²) < 4.78 is 5.87. The van der Waals surface area contributed by atoms with E-state index in [2.05, 4.69) is 39.5 Å². The van der Waals surface area contributed by atoms with Crippen LogP contribution >= 0.6 is 0 Å². The number of nitrogens with one attached hydrogen (secondary N) is 1. The number of carbonyl (C=O) groups is 1. The topological polar surface area (TPSA) is 54.5 Å². The van der Waals surface area contributed by atoms with E-state index in [0.29, 0.717) is 18.7 Å². The minimum Gasteiger partial charge on any atom is -0.374 e. The smallest absolute Gasteiger partial charge is 0.252 e. The summed E-state index contributed by atoms with van der Waals surface area (Å²) in [6.45, 7) is 5.72. The van der Waals surface area contributed by atoms with Crippen LogP contribution in [0.5, 0.6) is 0 Å². The molecule has 1 aliphatic rings. The summed E-state index contributed by atoms with van der Waals surface area (Å²) in [5, 5.41) is 3.93. The van der Waals surface area contributed by atoms with Crippen LogP contribution in [0.4, 0.5) is 0 Å². The number of aryl methyl sites for hydroxylation is 1. The van der Waals surface area contributed by atoms with Gasteiger partial charge in [-0.15, -0.1) is 0 Å². The highest BCUT2D eigenvalue weighted by molar-refractivity contribution is 6.06. The third-order valence-electron chi connectivity index (χ3n) is 5.05. The van der Waals surface area contributed by atoms with Gasteiger partial charge in [-0.1, -0.05) is 48.5 Å². The molecule has 28 heavy (non-hydrogen) atoms. The van der Waals surface area contributed by atoms with Crippen molar-refractivity contribution in [2.24, 2.45) is 0 Å². The number of amides is 1. The van der Waals surface area contributed by atoms with Crippen molar-refractivity contribution >= 4 is 16.8 Å². The van der Waals surface area contributed by atoms with E-state index in [4.69, 9.17) is 4.74 Å². The van der Waals surface area contributed by atoms with Gasteiger partial charge < -0.3 is 10.1 Å². The van der Waals surface area contributed by atoms with E-state index in [1.807, 2.05) is 43.3 Å². The number of para-hydroxylation sites is 1. The van der Waals surface area contributed by atoms with Gasteiger partial charge in [-0.05, 0) is 24.6 Å². The molecule has 1 saturated heterocycles. The maximum Gasteiger partial charge on any atom is 0.252 e. The Bertz CT molecular complexity index is 958. The number of hydrogen-bond donors (Lipinski definition) is 1. The predicted molar refractivity (Wildman–Crippen MR) is 110 cm³/mol. The molecule has 1 aliphatic heterocycles. The molecule has 4 rings (SSSR count). The summed E-state index contributed by atoms with van der Waals surface area (Å²) in [5.74, 6) is -0.0783. The number of morpholine rings is 1. The minimum atomic E-state index is -0.0783. The van der Waals surface area contributed by atoms with Gasteiger partial charge >= 0.3 is 0 Å². The second kappa shape index (κ2) is 8.50.